The molecule has 19 heavy (non-hydrogen) atoms. The Kier molecular flexibility index (Phi) is 68.3. The molecule has 0 aliphatic rings. The number of hydrogen-bond acceptors (Lipinski definition) is 8. The van der Waals surface area contributed by atoms with Crippen LogP contribution in [0.15, 0.2) is 0 Å². The van der Waals surface area contributed by atoms with Gasteiger partial charge in [0, 0.05) is 23.9 Å². The van der Waals surface area contributed by atoms with Crippen LogP contribution in [-0.2, 0) is 45.4 Å². The molecule has 110 valence electrons. The molecule has 0 fully saturated rings. The van der Waals surface area contributed by atoms with Gasteiger partial charge in [0.2, 0.25) is 0 Å². The van der Waals surface area contributed by atoms with Gasteiger partial charge in [0.25, 0.3) is 0 Å². The molecule has 0 radical (unpaired) electrons. The molecule has 9 heteroatoms. The van der Waals surface area contributed by atoms with E-state index in [9.17, 15) is 0 Å². The van der Waals surface area contributed by atoms with E-state index in [1.807, 2.05) is 13.8 Å². The summed E-state index contributed by atoms with van der Waals surface area (Å²) in [5.41, 5.74) is 0. The van der Waals surface area contributed by atoms with E-state index in [2.05, 4.69) is 0 Å². The molecule has 0 saturated carbocycles. The molecule has 0 aromatic carbocycles. The van der Waals surface area contributed by atoms with Crippen LogP contribution in [0.3, 0.4) is 0 Å². The molecule has 0 aliphatic carbocycles. The zero-order chi connectivity index (χ0) is 16.3. The number of hydrogen-bond donors (Lipinski definition) is 0. The van der Waals surface area contributed by atoms with Crippen molar-refractivity contribution in [2.45, 2.75) is 41.5 Å². The van der Waals surface area contributed by atoms with Gasteiger partial charge in [-0.15, -0.1) is 0 Å². The molecule has 0 N–H and O–H groups in total. The van der Waals surface area contributed by atoms with Crippen molar-refractivity contribution in [1.29, 1.82) is 0 Å². The summed E-state index contributed by atoms with van der Waals surface area (Å²) >= 11 is 0. The fourth-order valence-corrected chi connectivity index (χ4v) is 0. The van der Waals surface area contributed by atoms with Gasteiger partial charge in [0.1, 0.15) is 0 Å². The molecular formula is C10H18O8Zr. The van der Waals surface area contributed by atoms with Crippen molar-refractivity contribution in [3.8, 4) is 0 Å². The second kappa shape index (κ2) is 36.0. The Morgan fingerprint density at radius 3 is 0.526 bits per heavy atom. The third-order valence-electron chi connectivity index (χ3n) is 0. The fourth-order valence-electron chi connectivity index (χ4n) is 0. The van der Waals surface area contributed by atoms with Gasteiger partial charge in [-0.1, -0.05) is 13.8 Å². The summed E-state index contributed by atoms with van der Waals surface area (Å²) in [6, 6.07) is 0. The molecule has 0 aliphatic heterocycles. The third-order valence-corrected chi connectivity index (χ3v) is 0. The first kappa shape index (κ1) is 36.1. The van der Waals surface area contributed by atoms with Crippen LogP contribution in [0.25, 0.3) is 0 Å². The van der Waals surface area contributed by atoms with Crippen LogP contribution >= 0.6 is 0 Å². The van der Waals surface area contributed by atoms with E-state index >= 15 is 0 Å². The summed E-state index contributed by atoms with van der Waals surface area (Å²) in [5.74, 6) is -4.33. The van der Waals surface area contributed by atoms with Gasteiger partial charge in [-0.3, -0.25) is 0 Å². The first-order chi connectivity index (χ1) is 7.93. The largest absolute Gasteiger partial charge is 4.00 e. The van der Waals surface area contributed by atoms with Crippen molar-refractivity contribution in [3.05, 3.63) is 0 Å². The average molecular weight is 357 g/mol. The van der Waals surface area contributed by atoms with E-state index in [1.165, 1.54) is 0 Å². The average Bonchev–Trinajstić information content (AvgIpc) is 2.01. The van der Waals surface area contributed by atoms with Crippen LogP contribution in [0.1, 0.15) is 41.5 Å². The van der Waals surface area contributed by atoms with E-state index < -0.39 is 23.9 Å². The standard InChI is InChI=1S/4C2H4O2.C2H6.Zr/c4*1-2(3)4;1-2;/h4*1H3,(H,3,4);1-2H3;/q;;;;;+4/p-4. The van der Waals surface area contributed by atoms with Gasteiger partial charge in [-0.2, -0.15) is 0 Å². The number of carboxylic acid groups (broad SMARTS) is 4. The number of carboxylic acids is 4. The second-order valence-electron chi connectivity index (χ2n) is 1.97. The summed E-state index contributed by atoms with van der Waals surface area (Å²) in [6.07, 6.45) is 0. The van der Waals surface area contributed by atoms with Gasteiger partial charge < -0.3 is 39.6 Å². The Balaban J connectivity index is -0.0000000279. The maximum atomic E-state index is 8.89. The molecule has 0 bridgehead atoms. The molecular weight excluding hydrogens is 339 g/mol. The van der Waals surface area contributed by atoms with Crippen LogP contribution in [-0.4, -0.2) is 23.9 Å². The molecule has 0 saturated heterocycles. The summed E-state index contributed by atoms with van der Waals surface area (Å²) in [6.45, 7) is 7.89. The van der Waals surface area contributed by atoms with Gasteiger partial charge in [-0.05, 0) is 27.7 Å². The predicted molar refractivity (Wildman–Crippen MR) is 54.1 cm³/mol. The minimum atomic E-state index is -1.08. The molecule has 0 amide bonds. The van der Waals surface area contributed by atoms with E-state index in [0.29, 0.717) is 0 Å². The van der Waals surface area contributed by atoms with Gasteiger partial charge in [0.05, 0.1) is 0 Å². The van der Waals surface area contributed by atoms with E-state index in [4.69, 9.17) is 39.6 Å². The van der Waals surface area contributed by atoms with Crippen LogP contribution in [0.2, 0.25) is 0 Å². The quantitative estimate of drug-likeness (QED) is 0.424. The monoisotopic (exact) mass is 356 g/mol. The Morgan fingerprint density at radius 1 is 0.526 bits per heavy atom. The Morgan fingerprint density at radius 2 is 0.526 bits per heavy atom. The smallest absolute Gasteiger partial charge is 0.550 e. The van der Waals surface area contributed by atoms with Gasteiger partial charge in [-0.25, -0.2) is 0 Å². The minimum absolute atomic E-state index is 0. The minimum Gasteiger partial charge on any atom is -0.550 e. The van der Waals surface area contributed by atoms with Crippen molar-refractivity contribution in [3.63, 3.8) is 0 Å². The van der Waals surface area contributed by atoms with Gasteiger partial charge >= 0.3 is 26.2 Å². The van der Waals surface area contributed by atoms with Gasteiger partial charge in [0.15, 0.2) is 0 Å². The number of rotatable bonds is 0. The molecule has 0 unspecified atom stereocenters. The zero-order valence-electron chi connectivity index (χ0n) is 11.8. The molecule has 0 aromatic rings. The van der Waals surface area contributed by atoms with Crippen molar-refractivity contribution in [2.24, 2.45) is 0 Å². The molecule has 0 aromatic heterocycles. The Bertz CT molecular complexity index is 164. The van der Waals surface area contributed by atoms with Crippen molar-refractivity contribution < 1.29 is 65.8 Å². The van der Waals surface area contributed by atoms with E-state index in [0.717, 1.165) is 27.7 Å². The van der Waals surface area contributed by atoms with Crippen molar-refractivity contribution in [2.75, 3.05) is 0 Å². The number of carbonyl (C=O) groups is 4. The zero-order valence-corrected chi connectivity index (χ0v) is 14.2. The first-order valence-electron chi connectivity index (χ1n) is 4.63. The second-order valence-corrected chi connectivity index (χ2v) is 1.97. The summed E-state index contributed by atoms with van der Waals surface area (Å²) in [7, 11) is 0. The predicted octanol–water partition coefficient (Wildman–Crippen LogP) is -3.95. The molecule has 0 heterocycles. The normalized spacial score (nSPS) is 5.58. The van der Waals surface area contributed by atoms with E-state index in [-0.39, 0.29) is 26.2 Å². The summed E-state index contributed by atoms with van der Waals surface area (Å²) in [5, 5.41) is 35.6. The Hall–Kier alpha value is -1.24. The third kappa shape index (κ3) is 2390. The van der Waals surface area contributed by atoms with Crippen LogP contribution < -0.4 is 20.4 Å². The number of carbonyl (C=O) groups excluding carboxylic acids is 4. The maximum Gasteiger partial charge on any atom is 4.00 e. The molecule has 0 rings (SSSR count). The summed E-state index contributed by atoms with van der Waals surface area (Å²) in [4.78, 5) is 35.6. The van der Waals surface area contributed by atoms with Crippen molar-refractivity contribution in [1.82, 2.24) is 0 Å². The van der Waals surface area contributed by atoms with Crippen LogP contribution in [0.4, 0.5) is 0 Å². The maximum absolute atomic E-state index is 8.89. The number of aliphatic carboxylic acids is 4. The van der Waals surface area contributed by atoms with Crippen LogP contribution in [0.5, 0.6) is 0 Å². The fraction of sp³-hybridized carbons (Fsp3) is 0.600. The molecule has 0 spiro atoms. The van der Waals surface area contributed by atoms with E-state index in [1.54, 1.807) is 0 Å². The van der Waals surface area contributed by atoms with Crippen LogP contribution in [0, 0.1) is 0 Å². The molecule has 8 nitrogen and oxygen atoms in total. The first-order valence-corrected chi connectivity index (χ1v) is 4.63. The SMILES string of the molecule is CC.CC(=O)[O-].CC(=O)[O-].CC(=O)[O-].CC(=O)[O-].[Zr+4]. The summed E-state index contributed by atoms with van der Waals surface area (Å²) < 4.78 is 0. The topological polar surface area (TPSA) is 161 Å². The Labute approximate surface area is 131 Å². The molecule has 0 atom stereocenters. The van der Waals surface area contributed by atoms with Crippen molar-refractivity contribution >= 4 is 23.9 Å².